The van der Waals surface area contributed by atoms with Gasteiger partial charge in [0.05, 0.1) is 17.6 Å². The van der Waals surface area contributed by atoms with Crippen molar-refractivity contribution >= 4 is 16.9 Å². The number of nitrogens with zero attached hydrogens (tertiary/aromatic N) is 2. The Bertz CT molecular complexity index is 778. The second kappa shape index (κ2) is 6.41. The smallest absolute Gasteiger partial charge is 0.251 e. The molecule has 22 heavy (non-hydrogen) atoms. The molecule has 0 unspecified atom stereocenters. The third kappa shape index (κ3) is 2.84. The van der Waals surface area contributed by atoms with Gasteiger partial charge in [0.2, 0.25) is 0 Å². The van der Waals surface area contributed by atoms with Crippen molar-refractivity contribution < 1.29 is 9.53 Å². The van der Waals surface area contributed by atoms with Gasteiger partial charge in [0, 0.05) is 24.9 Å². The van der Waals surface area contributed by atoms with E-state index in [1.165, 1.54) is 0 Å². The third-order valence-corrected chi connectivity index (χ3v) is 3.45. The first-order valence-electron chi connectivity index (χ1n) is 7.09. The van der Waals surface area contributed by atoms with E-state index in [0.29, 0.717) is 18.7 Å². The zero-order valence-electron chi connectivity index (χ0n) is 12.3. The van der Waals surface area contributed by atoms with E-state index in [2.05, 4.69) is 10.3 Å². The SMILES string of the molecule is COCCNC(=O)c1ccc(-n2cnc3ccccc32)cc1. The van der Waals surface area contributed by atoms with E-state index in [4.69, 9.17) is 4.74 Å². The Hall–Kier alpha value is -2.66. The monoisotopic (exact) mass is 295 g/mol. The number of para-hydroxylation sites is 2. The maximum absolute atomic E-state index is 11.9. The van der Waals surface area contributed by atoms with Gasteiger partial charge in [0.15, 0.2) is 0 Å². The number of rotatable bonds is 5. The molecule has 3 aromatic rings. The second-order valence-corrected chi connectivity index (χ2v) is 4.90. The van der Waals surface area contributed by atoms with Crippen molar-refractivity contribution in [1.29, 1.82) is 0 Å². The average molecular weight is 295 g/mol. The van der Waals surface area contributed by atoms with E-state index in [9.17, 15) is 4.79 Å². The molecule has 112 valence electrons. The van der Waals surface area contributed by atoms with Crippen LogP contribution in [0.1, 0.15) is 10.4 Å². The number of carbonyl (C=O) groups is 1. The Morgan fingerprint density at radius 2 is 1.95 bits per heavy atom. The summed E-state index contributed by atoms with van der Waals surface area (Å²) in [6.45, 7) is 1.01. The quantitative estimate of drug-likeness (QED) is 0.735. The lowest BCUT2D eigenvalue weighted by molar-refractivity contribution is 0.0937. The van der Waals surface area contributed by atoms with Gasteiger partial charge < -0.3 is 10.1 Å². The molecule has 2 aromatic carbocycles. The maximum Gasteiger partial charge on any atom is 0.251 e. The number of methoxy groups -OCH3 is 1. The molecule has 0 aliphatic carbocycles. The van der Waals surface area contributed by atoms with Crippen molar-refractivity contribution in [3.8, 4) is 5.69 Å². The zero-order valence-corrected chi connectivity index (χ0v) is 12.3. The van der Waals surface area contributed by atoms with Crippen LogP contribution in [0.4, 0.5) is 0 Å². The van der Waals surface area contributed by atoms with Crippen molar-refractivity contribution in [3.05, 3.63) is 60.4 Å². The summed E-state index contributed by atoms with van der Waals surface area (Å²) in [5.74, 6) is -0.0981. The highest BCUT2D eigenvalue weighted by atomic mass is 16.5. The maximum atomic E-state index is 11.9. The van der Waals surface area contributed by atoms with Crippen LogP contribution in [0.15, 0.2) is 54.9 Å². The van der Waals surface area contributed by atoms with E-state index in [-0.39, 0.29) is 5.91 Å². The minimum atomic E-state index is -0.0981. The molecular formula is C17H17N3O2. The van der Waals surface area contributed by atoms with E-state index in [1.807, 2.05) is 53.1 Å². The fourth-order valence-electron chi connectivity index (χ4n) is 2.31. The molecule has 1 amide bonds. The number of nitrogens with one attached hydrogen (secondary N) is 1. The molecule has 5 nitrogen and oxygen atoms in total. The zero-order chi connectivity index (χ0) is 15.4. The predicted octanol–water partition coefficient (Wildman–Crippen LogP) is 2.40. The average Bonchev–Trinajstić information content (AvgIpc) is 2.99. The van der Waals surface area contributed by atoms with E-state index in [1.54, 1.807) is 13.4 Å². The Kier molecular flexibility index (Phi) is 4.16. The van der Waals surface area contributed by atoms with Gasteiger partial charge in [-0.2, -0.15) is 0 Å². The molecule has 5 heteroatoms. The number of carbonyl (C=O) groups excluding carboxylic acids is 1. The first-order valence-corrected chi connectivity index (χ1v) is 7.09. The van der Waals surface area contributed by atoms with Crippen LogP contribution >= 0.6 is 0 Å². The van der Waals surface area contributed by atoms with E-state index >= 15 is 0 Å². The standard InChI is InChI=1S/C17H17N3O2/c1-22-11-10-18-17(21)13-6-8-14(9-7-13)20-12-19-15-4-2-3-5-16(15)20/h2-9,12H,10-11H2,1H3,(H,18,21). The fraction of sp³-hybridized carbons (Fsp3) is 0.176. The number of amides is 1. The summed E-state index contributed by atoms with van der Waals surface area (Å²) in [6.07, 6.45) is 1.79. The van der Waals surface area contributed by atoms with Crippen LogP contribution < -0.4 is 5.32 Å². The first-order chi connectivity index (χ1) is 10.8. The van der Waals surface area contributed by atoms with Crippen molar-refractivity contribution in [2.75, 3.05) is 20.3 Å². The molecule has 1 aromatic heterocycles. The largest absolute Gasteiger partial charge is 0.383 e. The number of ether oxygens (including phenoxy) is 1. The van der Waals surface area contributed by atoms with Gasteiger partial charge in [-0.3, -0.25) is 9.36 Å². The summed E-state index contributed by atoms with van der Waals surface area (Å²) in [4.78, 5) is 16.3. The molecule has 0 bridgehead atoms. The minimum Gasteiger partial charge on any atom is -0.383 e. The molecular weight excluding hydrogens is 278 g/mol. The summed E-state index contributed by atoms with van der Waals surface area (Å²) >= 11 is 0. The molecule has 0 aliphatic rings. The highest BCUT2D eigenvalue weighted by Gasteiger charge is 2.07. The molecule has 0 spiro atoms. The molecule has 0 radical (unpaired) electrons. The highest BCUT2D eigenvalue weighted by molar-refractivity contribution is 5.94. The summed E-state index contributed by atoms with van der Waals surface area (Å²) in [7, 11) is 1.61. The number of hydrogen-bond donors (Lipinski definition) is 1. The lowest BCUT2D eigenvalue weighted by Crippen LogP contribution is -2.26. The lowest BCUT2D eigenvalue weighted by Gasteiger charge is -2.07. The molecule has 3 rings (SSSR count). The summed E-state index contributed by atoms with van der Waals surface area (Å²) in [6, 6.07) is 15.4. The van der Waals surface area contributed by atoms with Gasteiger partial charge in [0.1, 0.15) is 6.33 Å². The second-order valence-electron chi connectivity index (χ2n) is 4.90. The van der Waals surface area contributed by atoms with Crippen LogP contribution in [0.25, 0.3) is 16.7 Å². The Morgan fingerprint density at radius 3 is 2.73 bits per heavy atom. The third-order valence-electron chi connectivity index (χ3n) is 3.45. The molecule has 0 aliphatic heterocycles. The van der Waals surface area contributed by atoms with Crippen molar-refractivity contribution in [3.63, 3.8) is 0 Å². The van der Waals surface area contributed by atoms with Gasteiger partial charge in [-0.05, 0) is 36.4 Å². The number of imidazole rings is 1. The predicted molar refractivity (Wildman–Crippen MR) is 85.3 cm³/mol. The van der Waals surface area contributed by atoms with Crippen molar-refractivity contribution in [2.24, 2.45) is 0 Å². The fourth-order valence-corrected chi connectivity index (χ4v) is 2.31. The normalized spacial score (nSPS) is 10.8. The molecule has 1 N–H and O–H groups in total. The van der Waals surface area contributed by atoms with Gasteiger partial charge in [-0.15, -0.1) is 0 Å². The summed E-state index contributed by atoms with van der Waals surface area (Å²) in [5, 5.41) is 2.80. The number of hydrogen-bond acceptors (Lipinski definition) is 3. The molecule has 0 atom stereocenters. The number of benzene rings is 2. The molecule has 0 fully saturated rings. The highest BCUT2D eigenvalue weighted by Crippen LogP contribution is 2.18. The lowest BCUT2D eigenvalue weighted by atomic mass is 10.2. The van der Waals surface area contributed by atoms with Crippen molar-refractivity contribution in [1.82, 2.24) is 14.9 Å². The van der Waals surface area contributed by atoms with Gasteiger partial charge in [0.25, 0.3) is 5.91 Å². The Morgan fingerprint density at radius 1 is 1.18 bits per heavy atom. The van der Waals surface area contributed by atoms with E-state index < -0.39 is 0 Å². The van der Waals surface area contributed by atoms with Crippen LogP contribution in [-0.2, 0) is 4.74 Å². The molecule has 0 saturated heterocycles. The van der Waals surface area contributed by atoms with Crippen LogP contribution in [0, 0.1) is 0 Å². The Labute approximate surface area is 128 Å². The summed E-state index contributed by atoms with van der Waals surface area (Å²) < 4.78 is 6.91. The minimum absolute atomic E-state index is 0.0981. The van der Waals surface area contributed by atoms with Gasteiger partial charge in [-0.25, -0.2) is 4.98 Å². The van der Waals surface area contributed by atoms with Gasteiger partial charge in [-0.1, -0.05) is 12.1 Å². The number of aromatic nitrogens is 2. The van der Waals surface area contributed by atoms with Crippen LogP contribution in [0.5, 0.6) is 0 Å². The van der Waals surface area contributed by atoms with Crippen LogP contribution in [0.2, 0.25) is 0 Å². The Balaban J connectivity index is 1.81. The topological polar surface area (TPSA) is 56.1 Å². The van der Waals surface area contributed by atoms with E-state index in [0.717, 1.165) is 16.7 Å². The van der Waals surface area contributed by atoms with Crippen molar-refractivity contribution in [2.45, 2.75) is 0 Å². The van der Waals surface area contributed by atoms with Gasteiger partial charge >= 0.3 is 0 Å². The first kappa shape index (κ1) is 14.3. The molecule has 0 saturated carbocycles. The number of fused-ring (bicyclic) bond motifs is 1. The van der Waals surface area contributed by atoms with Crippen LogP contribution in [0.3, 0.4) is 0 Å². The van der Waals surface area contributed by atoms with Crippen LogP contribution in [-0.4, -0.2) is 35.7 Å². The molecule has 1 heterocycles. The summed E-state index contributed by atoms with van der Waals surface area (Å²) in [5.41, 5.74) is 3.59.